The van der Waals surface area contributed by atoms with Crippen LogP contribution in [0.1, 0.15) is 16.8 Å². The van der Waals surface area contributed by atoms with E-state index in [-0.39, 0.29) is 12.5 Å². The molecule has 0 aliphatic carbocycles. The van der Waals surface area contributed by atoms with Crippen LogP contribution in [0.5, 0.6) is 5.75 Å². The minimum atomic E-state index is -0.222. The number of hydrogen-bond acceptors (Lipinski definition) is 4. The number of aliphatic hydroxyl groups is 1. The van der Waals surface area contributed by atoms with Gasteiger partial charge < -0.3 is 19.6 Å². The van der Waals surface area contributed by atoms with Crippen LogP contribution in [0.2, 0.25) is 0 Å². The topological polar surface area (TPSA) is 71.7 Å². The van der Waals surface area contributed by atoms with Crippen molar-refractivity contribution >= 4 is 16.9 Å². The van der Waals surface area contributed by atoms with Gasteiger partial charge in [-0.15, -0.1) is 0 Å². The maximum Gasteiger partial charge on any atom is 0.251 e. The highest BCUT2D eigenvalue weighted by molar-refractivity contribution is 5.99. The van der Waals surface area contributed by atoms with E-state index in [1.807, 2.05) is 0 Å². The lowest BCUT2D eigenvalue weighted by Crippen LogP contribution is -2.25. The highest BCUT2D eigenvalue weighted by atomic mass is 16.5. The highest BCUT2D eigenvalue weighted by Gasteiger charge is 2.12. The number of rotatable bonds is 7. The van der Waals surface area contributed by atoms with Crippen LogP contribution < -0.4 is 10.1 Å². The number of ether oxygens (including phenoxy) is 1. The predicted molar refractivity (Wildman–Crippen MR) is 75.9 cm³/mol. The Morgan fingerprint density at radius 2 is 2.35 bits per heavy atom. The second kappa shape index (κ2) is 6.77. The summed E-state index contributed by atoms with van der Waals surface area (Å²) in [5.41, 5.74) is 1.06. The van der Waals surface area contributed by atoms with Gasteiger partial charge in [0.25, 0.3) is 5.91 Å². The van der Waals surface area contributed by atoms with Crippen LogP contribution >= 0.6 is 0 Å². The first kappa shape index (κ1) is 14.1. The maximum absolute atomic E-state index is 12.0. The first-order valence-corrected chi connectivity index (χ1v) is 6.40. The zero-order valence-electron chi connectivity index (χ0n) is 11.1. The van der Waals surface area contributed by atoms with Crippen molar-refractivity contribution in [1.29, 1.82) is 0 Å². The van der Waals surface area contributed by atoms with E-state index in [1.54, 1.807) is 30.5 Å². The van der Waals surface area contributed by atoms with E-state index in [4.69, 9.17) is 14.3 Å². The van der Waals surface area contributed by atoms with Gasteiger partial charge in [0.15, 0.2) is 0 Å². The Hall–Kier alpha value is -2.27. The molecule has 5 nitrogen and oxygen atoms in total. The van der Waals surface area contributed by atoms with Crippen LogP contribution in [0.3, 0.4) is 0 Å². The third kappa shape index (κ3) is 3.19. The summed E-state index contributed by atoms with van der Waals surface area (Å²) in [7, 11) is 0. The van der Waals surface area contributed by atoms with Gasteiger partial charge in [-0.3, -0.25) is 4.79 Å². The molecule has 0 aliphatic heterocycles. The monoisotopic (exact) mass is 275 g/mol. The van der Waals surface area contributed by atoms with Gasteiger partial charge >= 0.3 is 0 Å². The lowest BCUT2D eigenvalue weighted by molar-refractivity contribution is 0.0951. The van der Waals surface area contributed by atoms with E-state index < -0.39 is 0 Å². The number of benzene rings is 1. The van der Waals surface area contributed by atoms with Crippen molar-refractivity contribution in [1.82, 2.24) is 5.32 Å². The van der Waals surface area contributed by atoms with Crippen LogP contribution in [0.4, 0.5) is 0 Å². The Balaban J connectivity index is 2.24. The van der Waals surface area contributed by atoms with Gasteiger partial charge in [-0.05, 0) is 24.6 Å². The summed E-state index contributed by atoms with van der Waals surface area (Å²) >= 11 is 0. The molecule has 0 bridgehead atoms. The largest absolute Gasteiger partial charge is 0.489 e. The van der Waals surface area contributed by atoms with E-state index in [0.717, 1.165) is 5.39 Å². The van der Waals surface area contributed by atoms with E-state index in [2.05, 4.69) is 11.9 Å². The lowest BCUT2D eigenvalue weighted by Gasteiger charge is -2.08. The smallest absolute Gasteiger partial charge is 0.251 e. The number of furan rings is 1. The van der Waals surface area contributed by atoms with Crippen molar-refractivity contribution in [3.8, 4) is 5.75 Å². The quantitative estimate of drug-likeness (QED) is 0.599. The Labute approximate surface area is 116 Å². The fourth-order valence-electron chi connectivity index (χ4n) is 1.82. The molecule has 0 atom stereocenters. The molecule has 0 fully saturated rings. The SMILES string of the molecule is C=CCOc1cc(C(=O)NCCCO)cc2occc12. The molecule has 0 unspecified atom stereocenters. The summed E-state index contributed by atoms with van der Waals surface area (Å²) in [6, 6.07) is 5.14. The fourth-order valence-corrected chi connectivity index (χ4v) is 1.82. The number of carbonyl (C=O) groups is 1. The Morgan fingerprint density at radius 1 is 1.50 bits per heavy atom. The van der Waals surface area contributed by atoms with Gasteiger partial charge in [0.1, 0.15) is 17.9 Å². The minimum Gasteiger partial charge on any atom is -0.489 e. The molecule has 2 N–H and O–H groups in total. The second-order valence-electron chi connectivity index (χ2n) is 4.24. The standard InChI is InChI=1S/C15H17NO4/c1-2-7-19-13-9-11(15(18)16-5-3-6-17)10-14-12(13)4-8-20-14/h2,4,8-10,17H,1,3,5-7H2,(H,16,18). The van der Waals surface area contributed by atoms with Gasteiger partial charge in [-0.2, -0.15) is 0 Å². The van der Waals surface area contributed by atoms with Crippen LogP contribution in [0.25, 0.3) is 11.0 Å². The molecule has 1 aromatic heterocycles. The Kier molecular flexibility index (Phi) is 4.79. The number of carbonyl (C=O) groups excluding carboxylic acids is 1. The van der Waals surface area contributed by atoms with Crippen LogP contribution in [-0.4, -0.2) is 30.8 Å². The van der Waals surface area contributed by atoms with E-state index in [9.17, 15) is 4.79 Å². The summed E-state index contributed by atoms with van der Waals surface area (Å²) in [5, 5.41) is 12.3. The van der Waals surface area contributed by atoms with E-state index in [0.29, 0.717) is 36.5 Å². The lowest BCUT2D eigenvalue weighted by atomic mass is 10.1. The Morgan fingerprint density at radius 3 is 3.10 bits per heavy atom. The highest BCUT2D eigenvalue weighted by Crippen LogP contribution is 2.28. The van der Waals surface area contributed by atoms with E-state index in [1.165, 1.54) is 0 Å². The summed E-state index contributed by atoms with van der Waals surface area (Å²) in [6.45, 7) is 4.43. The number of amides is 1. The van der Waals surface area contributed by atoms with Crippen LogP contribution in [-0.2, 0) is 0 Å². The van der Waals surface area contributed by atoms with Crippen LogP contribution in [0, 0.1) is 0 Å². The fraction of sp³-hybridized carbons (Fsp3) is 0.267. The molecule has 2 rings (SSSR count). The first-order chi connectivity index (χ1) is 9.76. The van der Waals surface area contributed by atoms with Gasteiger partial charge in [0.05, 0.1) is 11.6 Å². The van der Waals surface area contributed by atoms with E-state index >= 15 is 0 Å². The number of nitrogens with one attached hydrogen (secondary N) is 1. The molecule has 0 saturated heterocycles. The maximum atomic E-state index is 12.0. The molecular weight excluding hydrogens is 258 g/mol. The average molecular weight is 275 g/mol. The summed E-state index contributed by atoms with van der Waals surface area (Å²) in [4.78, 5) is 12.0. The molecule has 0 aliphatic rings. The molecule has 1 aromatic carbocycles. The Bertz CT molecular complexity index is 603. The molecular formula is C15H17NO4. The predicted octanol–water partition coefficient (Wildman–Crippen LogP) is 2.11. The molecule has 1 amide bonds. The van der Waals surface area contributed by atoms with Gasteiger partial charge in [0, 0.05) is 18.7 Å². The summed E-state index contributed by atoms with van der Waals surface area (Å²) in [6.07, 6.45) is 3.72. The number of fused-ring (bicyclic) bond motifs is 1. The minimum absolute atomic E-state index is 0.0468. The van der Waals surface area contributed by atoms with Crippen molar-refractivity contribution < 1.29 is 19.1 Å². The first-order valence-electron chi connectivity index (χ1n) is 6.40. The zero-order chi connectivity index (χ0) is 14.4. The van der Waals surface area contributed by atoms with Gasteiger partial charge in [0.2, 0.25) is 0 Å². The molecule has 0 saturated carbocycles. The zero-order valence-corrected chi connectivity index (χ0v) is 11.1. The summed E-state index contributed by atoms with van der Waals surface area (Å²) in [5.74, 6) is 0.365. The average Bonchev–Trinajstić information content (AvgIpc) is 2.93. The van der Waals surface area contributed by atoms with Crippen LogP contribution in [0.15, 0.2) is 41.5 Å². The number of hydrogen-bond donors (Lipinski definition) is 2. The third-order valence-corrected chi connectivity index (χ3v) is 2.77. The second-order valence-corrected chi connectivity index (χ2v) is 4.24. The molecule has 106 valence electrons. The normalized spacial score (nSPS) is 10.4. The summed E-state index contributed by atoms with van der Waals surface area (Å²) < 4.78 is 10.9. The van der Waals surface area contributed by atoms with Crippen molar-refractivity contribution in [2.45, 2.75) is 6.42 Å². The molecule has 20 heavy (non-hydrogen) atoms. The molecule has 5 heteroatoms. The van der Waals surface area contributed by atoms with Crippen molar-refractivity contribution in [3.05, 3.63) is 42.7 Å². The van der Waals surface area contributed by atoms with Crippen molar-refractivity contribution in [3.63, 3.8) is 0 Å². The van der Waals surface area contributed by atoms with Crippen molar-refractivity contribution in [2.24, 2.45) is 0 Å². The van der Waals surface area contributed by atoms with Gasteiger partial charge in [-0.25, -0.2) is 0 Å². The molecule has 0 spiro atoms. The van der Waals surface area contributed by atoms with Gasteiger partial charge in [-0.1, -0.05) is 12.7 Å². The number of aliphatic hydroxyl groups excluding tert-OH is 1. The molecule has 1 heterocycles. The van der Waals surface area contributed by atoms with Crippen molar-refractivity contribution in [2.75, 3.05) is 19.8 Å². The molecule has 0 radical (unpaired) electrons. The molecule has 2 aromatic rings. The third-order valence-electron chi connectivity index (χ3n) is 2.77.